The molecule has 2 rings (SSSR count). The molecule has 0 atom stereocenters. The molecule has 0 fully saturated rings. The third-order valence-corrected chi connectivity index (χ3v) is 2.80. The number of amides is 1. The fraction of sp³-hybridized carbons (Fsp3) is 0.308. The van der Waals surface area contributed by atoms with E-state index in [9.17, 15) is 9.59 Å². The monoisotopic (exact) mass is 261 g/mol. The van der Waals surface area contributed by atoms with E-state index in [1.54, 1.807) is 7.05 Å². The Labute approximate surface area is 110 Å². The second-order valence-corrected chi connectivity index (χ2v) is 4.34. The normalized spacial score (nSPS) is 10.6. The number of nitrogens with one attached hydrogen (secondary N) is 1. The second-order valence-electron chi connectivity index (χ2n) is 4.34. The van der Waals surface area contributed by atoms with Crippen molar-refractivity contribution in [3.8, 4) is 0 Å². The number of carboxylic acids is 1. The first-order chi connectivity index (χ1) is 9.06. The summed E-state index contributed by atoms with van der Waals surface area (Å²) in [6.07, 6.45) is -0.143. The predicted octanol–water partition coefficient (Wildman–Crippen LogP) is 1.39. The molecule has 100 valence electrons. The van der Waals surface area contributed by atoms with E-state index in [4.69, 9.17) is 5.11 Å². The summed E-state index contributed by atoms with van der Waals surface area (Å²) in [6.45, 7) is 0.340. The van der Waals surface area contributed by atoms with Crippen molar-refractivity contribution in [3.05, 3.63) is 30.1 Å². The quantitative estimate of drug-likeness (QED) is 0.851. The van der Waals surface area contributed by atoms with Crippen LogP contribution in [-0.4, -0.2) is 38.9 Å². The van der Waals surface area contributed by atoms with Gasteiger partial charge in [0.25, 0.3) is 0 Å². The molecule has 0 aliphatic carbocycles. The number of carbonyl (C=O) groups is 2. The van der Waals surface area contributed by atoms with Gasteiger partial charge in [0, 0.05) is 13.5 Å². The van der Waals surface area contributed by atoms with E-state index < -0.39 is 5.97 Å². The van der Waals surface area contributed by atoms with Gasteiger partial charge in [0.05, 0.1) is 24.0 Å². The van der Waals surface area contributed by atoms with Crippen LogP contribution in [0.25, 0.3) is 11.0 Å². The predicted molar refractivity (Wildman–Crippen MR) is 69.4 cm³/mol. The van der Waals surface area contributed by atoms with E-state index >= 15 is 0 Å². The van der Waals surface area contributed by atoms with E-state index in [0.29, 0.717) is 12.4 Å². The van der Waals surface area contributed by atoms with Crippen molar-refractivity contribution in [2.45, 2.75) is 19.4 Å². The SMILES string of the molecule is CN(Cc1nc2ccccc2[nH]1)C(=O)CCC(=O)O. The van der Waals surface area contributed by atoms with Gasteiger partial charge in [-0.1, -0.05) is 12.1 Å². The molecule has 0 saturated carbocycles. The number of benzene rings is 1. The molecule has 2 aromatic rings. The van der Waals surface area contributed by atoms with Crippen LogP contribution in [0.3, 0.4) is 0 Å². The van der Waals surface area contributed by atoms with Crippen LogP contribution in [0.5, 0.6) is 0 Å². The van der Waals surface area contributed by atoms with Crippen molar-refractivity contribution in [1.82, 2.24) is 14.9 Å². The summed E-state index contributed by atoms with van der Waals surface area (Å²) in [5.74, 6) is -0.485. The zero-order valence-electron chi connectivity index (χ0n) is 10.6. The number of para-hydroxylation sites is 2. The fourth-order valence-electron chi connectivity index (χ4n) is 1.80. The maximum atomic E-state index is 11.7. The van der Waals surface area contributed by atoms with E-state index in [1.807, 2.05) is 24.3 Å². The lowest BCUT2D eigenvalue weighted by molar-refractivity contribution is -0.140. The third kappa shape index (κ3) is 3.31. The number of aromatic nitrogens is 2. The standard InChI is InChI=1S/C13H15N3O3/c1-16(12(17)6-7-13(18)19)8-11-14-9-4-2-3-5-10(9)15-11/h2-5H,6-8H2,1H3,(H,14,15)(H,18,19). The molecule has 0 spiro atoms. The maximum Gasteiger partial charge on any atom is 0.303 e. The van der Waals surface area contributed by atoms with Crippen LogP contribution in [0, 0.1) is 0 Å². The number of hydrogen-bond donors (Lipinski definition) is 2. The molecular formula is C13H15N3O3. The number of hydrogen-bond acceptors (Lipinski definition) is 3. The van der Waals surface area contributed by atoms with Crippen molar-refractivity contribution < 1.29 is 14.7 Å². The molecule has 1 aromatic carbocycles. The molecular weight excluding hydrogens is 246 g/mol. The lowest BCUT2D eigenvalue weighted by atomic mass is 10.3. The maximum absolute atomic E-state index is 11.7. The summed E-state index contributed by atoms with van der Waals surface area (Å²) in [5.41, 5.74) is 1.77. The number of carbonyl (C=O) groups excluding carboxylic acids is 1. The number of fused-ring (bicyclic) bond motifs is 1. The number of nitrogens with zero attached hydrogens (tertiary/aromatic N) is 2. The summed E-state index contributed by atoms with van der Waals surface area (Å²) < 4.78 is 0. The van der Waals surface area contributed by atoms with E-state index in [2.05, 4.69) is 9.97 Å². The Bertz CT molecular complexity index is 573. The number of carboxylic acid groups (broad SMARTS) is 1. The minimum Gasteiger partial charge on any atom is -0.481 e. The molecule has 6 nitrogen and oxygen atoms in total. The first-order valence-electron chi connectivity index (χ1n) is 5.95. The highest BCUT2D eigenvalue weighted by Gasteiger charge is 2.12. The molecule has 19 heavy (non-hydrogen) atoms. The van der Waals surface area contributed by atoms with Crippen molar-refractivity contribution in [2.24, 2.45) is 0 Å². The summed E-state index contributed by atoms with van der Waals surface area (Å²) in [7, 11) is 1.64. The number of aromatic amines is 1. The summed E-state index contributed by atoms with van der Waals surface area (Å²) >= 11 is 0. The van der Waals surface area contributed by atoms with Crippen LogP contribution in [0.4, 0.5) is 0 Å². The average molecular weight is 261 g/mol. The molecule has 0 saturated heterocycles. The van der Waals surface area contributed by atoms with Crippen LogP contribution in [0.2, 0.25) is 0 Å². The third-order valence-electron chi connectivity index (χ3n) is 2.80. The van der Waals surface area contributed by atoms with Gasteiger partial charge in [-0.05, 0) is 12.1 Å². The van der Waals surface area contributed by atoms with Gasteiger partial charge in [0.1, 0.15) is 5.82 Å². The van der Waals surface area contributed by atoms with Crippen molar-refractivity contribution in [3.63, 3.8) is 0 Å². The van der Waals surface area contributed by atoms with Gasteiger partial charge >= 0.3 is 5.97 Å². The van der Waals surface area contributed by atoms with Crippen LogP contribution < -0.4 is 0 Å². The molecule has 0 unspecified atom stereocenters. The largest absolute Gasteiger partial charge is 0.481 e. The first-order valence-corrected chi connectivity index (χ1v) is 5.95. The highest BCUT2D eigenvalue weighted by atomic mass is 16.4. The summed E-state index contributed by atoms with van der Waals surface area (Å²) in [5, 5.41) is 8.54. The molecule has 0 aliphatic rings. The van der Waals surface area contributed by atoms with Crippen LogP contribution in [-0.2, 0) is 16.1 Å². The Morgan fingerprint density at radius 1 is 1.32 bits per heavy atom. The zero-order valence-corrected chi connectivity index (χ0v) is 10.6. The van der Waals surface area contributed by atoms with E-state index in [-0.39, 0.29) is 18.7 Å². The Morgan fingerprint density at radius 3 is 2.74 bits per heavy atom. The zero-order chi connectivity index (χ0) is 13.8. The van der Waals surface area contributed by atoms with Gasteiger partial charge in [0.2, 0.25) is 5.91 Å². The van der Waals surface area contributed by atoms with Crippen molar-refractivity contribution in [2.75, 3.05) is 7.05 Å². The smallest absolute Gasteiger partial charge is 0.303 e. The van der Waals surface area contributed by atoms with E-state index in [1.165, 1.54) is 4.90 Å². The van der Waals surface area contributed by atoms with Gasteiger partial charge in [0.15, 0.2) is 0 Å². The van der Waals surface area contributed by atoms with Crippen molar-refractivity contribution >= 4 is 22.9 Å². The molecule has 0 bridgehead atoms. The van der Waals surface area contributed by atoms with Gasteiger partial charge in [-0.25, -0.2) is 4.98 Å². The summed E-state index contributed by atoms with van der Waals surface area (Å²) in [6, 6.07) is 7.61. The topological polar surface area (TPSA) is 86.3 Å². The van der Waals surface area contributed by atoms with Crippen LogP contribution in [0.1, 0.15) is 18.7 Å². The molecule has 0 radical (unpaired) electrons. The first kappa shape index (κ1) is 13.1. The van der Waals surface area contributed by atoms with Gasteiger partial charge in [-0.15, -0.1) is 0 Å². The average Bonchev–Trinajstić information content (AvgIpc) is 2.77. The van der Waals surface area contributed by atoms with Gasteiger partial charge in [-0.3, -0.25) is 9.59 Å². The highest BCUT2D eigenvalue weighted by Crippen LogP contribution is 2.11. The minimum absolute atomic E-state index is 0.00601. The van der Waals surface area contributed by atoms with Crippen LogP contribution >= 0.6 is 0 Å². The lowest BCUT2D eigenvalue weighted by Gasteiger charge is -2.14. The molecule has 1 heterocycles. The molecule has 2 N–H and O–H groups in total. The Hall–Kier alpha value is -2.37. The number of imidazole rings is 1. The highest BCUT2D eigenvalue weighted by molar-refractivity contribution is 5.80. The Balaban J connectivity index is 1.99. The van der Waals surface area contributed by atoms with E-state index in [0.717, 1.165) is 11.0 Å². The minimum atomic E-state index is -0.967. The molecule has 1 amide bonds. The second kappa shape index (κ2) is 5.51. The fourth-order valence-corrected chi connectivity index (χ4v) is 1.80. The number of H-pyrrole nitrogens is 1. The van der Waals surface area contributed by atoms with Gasteiger partial charge < -0.3 is 15.0 Å². The Morgan fingerprint density at radius 2 is 2.05 bits per heavy atom. The van der Waals surface area contributed by atoms with Crippen LogP contribution in [0.15, 0.2) is 24.3 Å². The number of aliphatic carboxylic acids is 1. The van der Waals surface area contributed by atoms with Crippen molar-refractivity contribution in [1.29, 1.82) is 0 Å². The van der Waals surface area contributed by atoms with Gasteiger partial charge in [-0.2, -0.15) is 0 Å². The molecule has 0 aliphatic heterocycles. The molecule has 6 heteroatoms. The Kier molecular flexibility index (Phi) is 3.79. The summed E-state index contributed by atoms with van der Waals surface area (Å²) in [4.78, 5) is 31.1. The lowest BCUT2D eigenvalue weighted by Crippen LogP contribution is -2.27. The molecule has 1 aromatic heterocycles. The number of rotatable bonds is 5.